The summed E-state index contributed by atoms with van der Waals surface area (Å²) in [5.74, 6) is 0. The first-order valence-electron chi connectivity index (χ1n) is 7.13. The fourth-order valence-electron chi connectivity index (χ4n) is 2.61. The van der Waals surface area contributed by atoms with E-state index in [1.54, 1.807) is 0 Å². The van der Waals surface area contributed by atoms with Crippen molar-refractivity contribution in [2.75, 3.05) is 32.8 Å². The van der Waals surface area contributed by atoms with E-state index in [4.69, 9.17) is 4.74 Å². The zero-order chi connectivity index (χ0) is 12.7. The molecular weight excluding hydrogens is 212 g/mol. The lowest BCUT2D eigenvalue weighted by atomic mass is 10.00. The van der Waals surface area contributed by atoms with E-state index in [-0.39, 0.29) is 5.54 Å². The van der Waals surface area contributed by atoms with E-state index in [9.17, 15) is 0 Å². The van der Waals surface area contributed by atoms with E-state index >= 15 is 0 Å². The monoisotopic (exact) mass is 242 g/mol. The molecule has 3 nitrogen and oxygen atoms in total. The van der Waals surface area contributed by atoms with Crippen LogP contribution < -0.4 is 5.32 Å². The molecule has 1 unspecified atom stereocenters. The summed E-state index contributed by atoms with van der Waals surface area (Å²) in [6, 6.07) is 0.593. The predicted octanol–water partition coefficient (Wildman–Crippen LogP) is 2.27. The van der Waals surface area contributed by atoms with E-state index in [0.29, 0.717) is 6.04 Å². The second-order valence-corrected chi connectivity index (χ2v) is 5.82. The number of hydrogen-bond acceptors (Lipinski definition) is 3. The third-order valence-corrected chi connectivity index (χ3v) is 3.64. The van der Waals surface area contributed by atoms with Crippen molar-refractivity contribution in [1.29, 1.82) is 0 Å². The van der Waals surface area contributed by atoms with Crippen molar-refractivity contribution in [2.45, 2.75) is 58.5 Å². The van der Waals surface area contributed by atoms with Gasteiger partial charge in [0.1, 0.15) is 0 Å². The Morgan fingerprint density at radius 3 is 2.76 bits per heavy atom. The van der Waals surface area contributed by atoms with Gasteiger partial charge in [0.25, 0.3) is 0 Å². The highest BCUT2D eigenvalue weighted by Gasteiger charge is 2.33. The van der Waals surface area contributed by atoms with Gasteiger partial charge in [0.15, 0.2) is 0 Å². The fourth-order valence-corrected chi connectivity index (χ4v) is 2.61. The SMILES string of the molecule is CCCCCNCC(C)N1CCOCC1(C)C. The first-order valence-corrected chi connectivity index (χ1v) is 7.13. The van der Waals surface area contributed by atoms with Gasteiger partial charge in [-0.05, 0) is 33.7 Å². The van der Waals surface area contributed by atoms with Crippen molar-refractivity contribution >= 4 is 0 Å². The largest absolute Gasteiger partial charge is 0.378 e. The average Bonchev–Trinajstić information content (AvgIpc) is 2.28. The van der Waals surface area contributed by atoms with Crippen LogP contribution in [-0.4, -0.2) is 49.3 Å². The number of nitrogens with one attached hydrogen (secondary N) is 1. The summed E-state index contributed by atoms with van der Waals surface area (Å²) in [6.07, 6.45) is 3.94. The number of rotatable bonds is 7. The number of morpholine rings is 1. The van der Waals surface area contributed by atoms with E-state index in [2.05, 4.69) is 37.9 Å². The van der Waals surface area contributed by atoms with Crippen molar-refractivity contribution in [1.82, 2.24) is 10.2 Å². The maximum atomic E-state index is 5.56. The molecule has 0 saturated carbocycles. The smallest absolute Gasteiger partial charge is 0.0645 e. The average molecular weight is 242 g/mol. The number of unbranched alkanes of at least 4 members (excludes halogenated alkanes) is 2. The standard InChI is InChI=1S/C14H30N2O/c1-5-6-7-8-15-11-13(2)16-9-10-17-12-14(16,3)4/h13,15H,5-12H2,1-4H3. The van der Waals surface area contributed by atoms with E-state index < -0.39 is 0 Å². The minimum Gasteiger partial charge on any atom is -0.378 e. The molecule has 1 N–H and O–H groups in total. The molecule has 0 radical (unpaired) electrons. The zero-order valence-electron chi connectivity index (χ0n) is 12.1. The van der Waals surface area contributed by atoms with Crippen molar-refractivity contribution < 1.29 is 4.74 Å². The molecule has 1 aliphatic heterocycles. The van der Waals surface area contributed by atoms with Crippen LogP contribution in [0.2, 0.25) is 0 Å². The van der Waals surface area contributed by atoms with Gasteiger partial charge in [0.2, 0.25) is 0 Å². The van der Waals surface area contributed by atoms with Crippen LogP contribution in [-0.2, 0) is 4.74 Å². The lowest BCUT2D eigenvalue weighted by Crippen LogP contribution is -2.58. The number of nitrogens with zero attached hydrogens (tertiary/aromatic N) is 1. The molecule has 0 aromatic heterocycles. The van der Waals surface area contributed by atoms with Gasteiger partial charge < -0.3 is 10.1 Å². The minimum atomic E-state index is 0.183. The molecule has 1 rings (SSSR count). The van der Waals surface area contributed by atoms with Gasteiger partial charge in [0.05, 0.1) is 13.2 Å². The van der Waals surface area contributed by atoms with E-state index in [0.717, 1.165) is 32.8 Å². The molecule has 0 aromatic rings. The van der Waals surface area contributed by atoms with Gasteiger partial charge in [0, 0.05) is 24.7 Å². The van der Waals surface area contributed by atoms with Gasteiger partial charge >= 0.3 is 0 Å². The molecule has 0 aromatic carbocycles. The lowest BCUT2D eigenvalue weighted by molar-refractivity contribution is -0.0681. The maximum absolute atomic E-state index is 5.56. The van der Waals surface area contributed by atoms with Gasteiger partial charge in [-0.15, -0.1) is 0 Å². The van der Waals surface area contributed by atoms with Crippen LogP contribution in [0.5, 0.6) is 0 Å². The van der Waals surface area contributed by atoms with Crippen LogP contribution in [0, 0.1) is 0 Å². The quantitative estimate of drug-likeness (QED) is 0.693. The molecule has 0 aliphatic carbocycles. The number of hydrogen-bond donors (Lipinski definition) is 1. The Labute approximate surface area is 107 Å². The fraction of sp³-hybridized carbons (Fsp3) is 1.00. The molecule has 1 atom stereocenters. The highest BCUT2D eigenvalue weighted by molar-refractivity contribution is 4.88. The Bertz CT molecular complexity index is 206. The molecule has 3 heteroatoms. The minimum absolute atomic E-state index is 0.183. The Hall–Kier alpha value is -0.120. The van der Waals surface area contributed by atoms with Gasteiger partial charge in [-0.2, -0.15) is 0 Å². The highest BCUT2D eigenvalue weighted by Crippen LogP contribution is 2.21. The normalized spacial score (nSPS) is 22.6. The van der Waals surface area contributed by atoms with Gasteiger partial charge in [-0.3, -0.25) is 4.90 Å². The van der Waals surface area contributed by atoms with Crippen LogP contribution in [0.4, 0.5) is 0 Å². The molecular formula is C14H30N2O. The maximum Gasteiger partial charge on any atom is 0.0645 e. The third-order valence-electron chi connectivity index (χ3n) is 3.64. The Morgan fingerprint density at radius 1 is 1.35 bits per heavy atom. The molecule has 1 aliphatic rings. The zero-order valence-corrected chi connectivity index (χ0v) is 12.1. The molecule has 0 spiro atoms. The first-order chi connectivity index (χ1) is 8.08. The molecule has 1 saturated heterocycles. The summed E-state index contributed by atoms with van der Waals surface area (Å²) in [5.41, 5.74) is 0.183. The third kappa shape index (κ3) is 4.94. The number of ether oxygens (including phenoxy) is 1. The topological polar surface area (TPSA) is 24.5 Å². The first kappa shape index (κ1) is 14.9. The molecule has 17 heavy (non-hydrogen) atoms. The predicted molar refractivity (Wildman–Crippen MR) is 73.5 cm³/mol. The van der Waals surface area contributed by atoms with Crippen molar-refractivity contribution in [3.63, 3.8) is 0 Å². The summed E-state index contributed by atoms with van der Waals surface area (Å²) >= 11 is 0. The van der Waals surface area contributed by atoms with Crippen LogP contribution in [0.1, 0.15) is 47.0 Å². The van der Waals surface area contributed by atoms with Crippen LogP contribution in [0.3, 0.4) is 0 Å². The van der Waals surface area contributed by atoms with Crippen molar-refractivity contribution in [3.8, 4) is 0 Å². The molecule has 1 fully saturated rings. The van der Waals surface area contributed by atoms with E-state index in [1.165, 1.54) is 19.3 Å². The summed E-state index contributed by atoms with van der Waals surface area (Å²) in [6.45, 7) is 14.2. The van der Waals surface area contributed by atoms with Crippen molar-refractivity contribution in [3.05, 3.63) is 0 Å². The second-order valence-electron chi connectivity index (χ2n) is 5.82. The van der Waals surface area contributed by atoms with Crippen molar-refractivity contribution in [2.24, 2.45) is 0 Å². The molecule has 0 bridgehead atoms. The molecule has 102 valence electrons. The Morgan fingerprint density at radius 2 is 2.12 bits per heavy atom. The molecule has 0 amide bonds. The van der Waals surface area contributed by atoms with Gasteiger partial charge in [-0.25, -0.2) is 0 Å². The summed E-state index contributed by atoms with van der Waals surface area (Å²) in [5, 5.41) is 3.57. The Balaban J connectivity index is 2.23. The highest BCUT2D eigenvalue weighted by atomic mass is 16.5. The lowest BCUT2D eigenvalue weighted by Gasteiger charge is -2.45. The summed E-state index contributed by atoms with van der Waals surface area (Å²) in [4.78, 5) is 2.57. The summed E-state index contributed by atoms with van der Waals surface area (Å²) in [7, 11) is 0. The molecule has 1 heterocycles. The van der Waals surface area contributed by atoms with E-state index in [1.807, 2.05) is 0 Å². The van der Waals surface area contributed by atoms with Crippen LogP contribution in [0.25, 0.3) is 0 Å². The van der Waals surface area contributed by atoms with Gasteiger partial charge in [-0.1, -0.05) is 19.8 Å². The Kier molecular flexibility index (Phi) is 6.45. The van der Waals surface area contributed by atoms with Crippen LogP contribution in [0.15, 0.2) is 0 Å². The van der Waals surface area contributed by atoms with Crippen LogP contribution >= 0.6 is 0 Å². The summed E-state index contributed by atoms with van der Waals surface area (Å²) < 4.78 is 5.56. The second kappa shape index (κ2) is 7.34.